The van der Waals surface area contributed by atoms with Gasteiger partial charge in [0.25, 0.3) is 0 Å². The Morgan fingerprint density at radius 1 is 0.667 bits per heavy atom. The molecule has 0 aromatic heterocycles. The second-order valence-electron chi connectivity index (χ2n) is 16.8. The van der Waals surface area contributed by atoms with Crippen molar-refractivity contribution < 1.29 is 57.4 Å². The van der Waals surface area contributed by atoms with Crippen LogP contribution >= 0.6 is 0 Å². The average Bonchev–Trinajstić information content (AvgIpc) is 3.02. The van der Waals surface area contributed by atoms with E-state index in [1.807, 2.05) is 67.7 Å². The summed E-state index contributed by atoms with van der Waals surface area (Å²) in [5.41, 5.74) is 0.281. The van der Waals surface area contributed by atoms with Crippen molar-refractivity contribution in [1.29, 1.82) is 0 Å². The number of benzene rings is 2. The van der Waals surface area contributed by atoms with Crippen LogP contribution in [0.3, 0.4) is 0 Å². The molecule has 2 fully saturated rings. The van der Waals surface area contributed by atoms with Crippen molar-refractivity contribution in [2.45, 2.75) is 149 Å². The Morgan fingerprint density at radius 2 is 1.00 bits per heavy atom. The molecule has 2 saturated heterocycles. The van der Waals surface area contributed by atoms with Gasteiger partial charge in [-0.1, -0.05) is 53.7 Å². The summed E-state index contributed by atoms with van der Waals surface area (Å²) >= 11 is 0. The summed E-state index contributed by atoms with van der Waals surface area (Å²) in [6.45, 7) is 19.2. The first kappa shape index (κ1) is 41.9. The van der Waals surface area contributed by atoms with Gasteiger partial charge in [0.15, 0.2) is 0 Å². The van der Waals surface area contributed by atoms with Gasteiger partial charge in [-0.15, -0.1) is 0 Å². The van der Waals surface area contributed by atoms with Crippen molar-refractivity contribution in [3.63, 3.8) is 0 Å². The van der Waals surface area contributed by atoms with Gasteiger partial charge in [-0.05, 0) is 60.5 Å². The predicted molar refractivity (Wildman–Crippen MR) is 197 cm³/mol. The predicted octanol–water partition coefficient (Wildman–Crippen LogP) is 4.38. The molecule has 2 aromatic rings. The first-order valence-electron chi connectivity index (χ1n) is 17.5. The number of rotatable bonds is 10. The normalized spacial score (nSPS) is 28.4. The Labute approximate surface area is 304 Å². The fraction of sp³-hybridized carbons (Fsp3) is 0.667. The van der Waals surface area contributed by atoms with Crippen LogP contribution in [0.2, 0.25) is 36.3 Å². The van der Waals surface area contributed by atoms with Crippen LogP contribution in [-0.4, -0.2) is 106 Å². The molecule has 0 amide bonds. The maximum absolute atomic E-state index is 15.3. The van der Waals surface area contributed by atoms with E-state index in [0.29, 0.717) is 0 Å². The van der Waals surface area contributed by atoms with Crippen LogP contribution < -0.4 is 8.85 Å². The Kier molecular flexibility index (Phi) is 12.4. The molecule has 0 unspecified atom stereocenters. The number of aliphatic hydroxyl groups excluding tert-OH is 6. The molecule has 2 heterocycles. The van der Waals surface area contributed by atoms with Crippen molar-refractivity contribution in [1.82, 2.24) is 0 Å². The molecule has 15 heteroatoms. The third-order valence-electron chi connectivity index (χ3n) is 11.1. The van der Waals surface area contributed by atoms with Crippen LogP contribution in [0.25, 0.3) is 0 Å². The van der Waals surface area contributed by atoms with Crippen molar-refractivity contribution in [3.05, 3.63) is 47.5 Å². The van der Waals surface area contributed by atoms with E-state index in [9.17, 15) is 30.6 Å². The molecule has 0 bridgehead atoms. The smallest absolute Gasteiger partial charge is 0.250 e. The van der Waals surface area contributed by atoms with E-state index in [-0.39, 0.29) is 55.3 Å². The van der Waals surface area contributed by atoms with Gasteiger partial charge in [0.05, 0.1) is 47.4 Å². The highest BCUT2D eigenvalue weighted by Gasteiger charge is 2.46. The minimum absolute atomic E-state index is 0.140. The lowest BCUT2D eigenvalue weighted by Gasteiger charge is -2.41. The molecular weight excluding hydrogens is 713 g/mol. The zero-order valence-electron chi connectivity index (χ0n) is 31.5. The fourth-order valence-corrected chi connectivity index (χ4v) is 9.75. The van der Waals surface area contributed by atoms with E-state index in [4.69, 9.17) is 18.3 Å². The van der Waals surface area contributed by atoms with Crippen LogP contribution in [0.4, 0.5) is 0 Å². The number of hydrogen-bond donors (Lipinski definition) is 6. The first-order valence-corrected chi connectivity index (χ1v) is 24.8. The maximum atomic E-state index is 15.3. The summed E-state index contributed by atoms with van der Waals surface area (Å²) < 4.78 is 56.2. The summed E-state index contributed by atoms with van der Waals surface area (Å²) in [4.78, 5) is -0.352. The Balaban J connectivity index is 2.02. The van der Waals surface area contributed by atoms with Gasteiger partial charge >= 0.3 is 0 Å². The molecule has 2 aliphatic rings. The van der Waals surface area contributed by atoms with Crippen molar-refractivity contribution in [2.24, 2.45) is 0 Å². The monoisotopic (exact) mass is 770 g/mol. The Morgan fingerprint density at radius 3 is 1.29 bits per heavy atom. The fourth-order valence-electron chi connectivity index (χ4n) is 5.88. The molecule has 0 aliphatic carbocycles. The number of ether oxygens (including phenoxy) is 2. The number of aliphatic hydroxyl groups is 6. The lowest BCUT2D eigenvalue weighted by molar-refractivity contribution is -0.182. The summed E-state index contributed by atoms with van der Waals surface area (Å²) in [6, 6.07) is 9.33. The summed E-state index contributed by atoms with van der Waals surface area (Å²) in [6.07, 6.45) is -10.3. The van der Waals surface area contributed by atoms with Gasteiger partial charge < -0.3 is 49.0 Å². The van der Waals surface area contributed by atoms with E-state index in [2.05, 4.69) is 0 Å². The minimum atomic E-state index is -4.54. The quantitative estimate of drug-likeness (QED) is 0.187. The van der Waals surface area contributed by atoms with Gasteiger partial charge in [-0.25, -0.2) is 8.42 Å². The molecule has 6 N–H and O–H groups in total. The SMILES string of the molecule is CC(C)(C)[Si](C)(C)Oc1cccc(S(=O)(=O)c2cccc(O[Si](C)(C)C(C)(C)C)c2[C@@H]2C[C@H](O)[C@@H](O)[C@H](CO)O2)c1[C@@H]1C[C@H](O)[C@@H](O)[C@H](CO)O1. The second kappa shape index (κ2) is 15.1. The third-order valence-corrected chi connectivity index (χ3v) is 21.7. The van der Waals surface area contributed by atoms with Crippen LogP contribution in [0.15, 0.2) is 46.2 Å². The maximum Gasteiger partial charge on any atom is 0.250 e. The molecule has 12 nitrogen and oxygen atoms in total. The molecule has 0 radical (unpaired) electrons. The summed E-state index contributed by atoms with van der Waals surface area (Å²) in [5, 5.41) is 62.4. The van der Waals surface area contributed by atoms with Crippen molar-refractivity contribution in [3.8, 4) is 11.5 Å². The van der Waals surface area contributed by atoms with Crippen molar-refractivity contribution in [2.75, 3.05) is 13.2 Å². The molecule has 288 valence electrons. The summed E-state index contributed by atoms with van der Waals surface area (Å²) in [5.74, 6) is 0.493. The van der Waals surface area contributed by atoms with Gasteiger partial charge in [0.2, 0.25) is 26.5 Å². The molecule has 8 atom stereocenters. The van der Waals surface area contributed by atoms with E-state index >= 15 is 8.42 Å². The van der Waals surface area contributed by atoms with Gasteiger partial charge in [0, 0.05) is 24.0 Å². The summed E-state index contributed by atoms with van der Waals surface area (Å²) in [7, 11) is -9.73. The Bertz CT molecular complexity index is 1520. The topological polar surface area (TPSA) is 192 Å². The van der Waals surface area contributed by atoms with Crippen LogP contribution in [0.5, 0.6) is 11.5 Å². The van der Waals surface area contributed by atoms with E-state index in [1.54, 1.807) is 24.3 Å². The highest BCUT2D eigenvalue weighted by molar-refractivity contribution is 7.91. The second-order valence-corrected chi connectivity index (χ2v) is 28.2. The van der Waals surface area contributed by atoms with Crippen LogP contribution in [-0.2, 0) is 19.3 Å². The first-order chi connectivity index (χ1) is 23.4. The molecule has 2 aromatic carbocycles. The molecule has 2 aliphatic heterocycles. The molecule has 0 saturated carbocycles. The average molecular weight is 771 g/mol. The molecule has 0 spiro atoms. The lowest BCUT2D eigenvalue weighted by Crippen LogP contribution is -2.48. The third kappa shape index (κ3) is 8.43. The molecular formula is C36H58O12SSi2. The standard InChI is InChI=1S/C36H58O12SSi2/c1-35(2,3)50(7,8)47-23-13-11-15-29(31(23)25-17-21(39)33(41)27(19-37)45-25)49(43,44)30-16-12-14-24(48-51(9,10)36(4,5)6)32(30)26-18-22(40)34(42)28(20-38)46-26/h11-16,21-22,25-28,33-34,37-42H,17-20H2,1-10H3/t21-,22-,25-,26-,27-,28-,33+,34+/m0/s1. The van der Waals surface area contributed by atoms with Gasteiger partial charge in [-0.2, -0.15) is 0 Å². The zero-order chi connectivity index (χ0) is 38.5. The van der Waals surface area contributed by atoms with Crippen LogP contribution in [0, 0.1) is 0 Å². The van der Waals surface area contributed by atoms with E-state index in [1.165, 1.54) is 12.1 Å². The zero-order valence-corrected chi connectivity index (χ0v) is 34.3. The Hall–Kier alpha value is -1.90. The van der Waals surface area contributed by atoms with Gasteiger partial charge in [0.1, 0.15) is 35.9 Å². The van der Waals surface area contributed by atoms with Crippen molar-refractivity contribution >= 4 is 26.5 Å². The van der Waals surface area contributed by atoms with E-state index in [0.717, 1.165) is 0 Å². The number of hydrogen-bond acceptors (Lipinski definition) is 12. The molecule has 51 heavy (non-hydrogen) atoms. The largest absolute Gasteiger partial charge is 0.543 e. The lowest BCUT2D eigenvalue weighted by atomic mass is 9.93. The highest BCUT2D eigenvalue weighted by atomic mass is 32.2. The molecule has 4 rings (SSSR count). The van der Waals surface area contributed by atoms with Crippen LogP contribution in [0.1, 0.15) is 77.7 Å². The number of sulfone groups is 1. The highest BCUT2D eigenvalue weighted by Crippen LogP contribution is 2.49. The van der Waals surface area contributed by atoms with Gasteiger partial charge in [-0.3, -0.25) is 0 Å². The minimum Gasteiger partial charge on any atom is -0.543 e. The van der Waals surface area contributed by atoms with E-state index < -0.39 is 88.5 Å².